The van der Waals surface area contributed by atoms with Crippen molar-refractivity contribution >= 4 is 0 Å². The first-order chi connectivity index (χ1) is 12.5. The lowest BCUT2D eigenvalue weighted by molar-refractivity contribution is 0.367. The van der Waals surface area contributed by atoms with Gasteiger partial charge in [0.25, 0.3) is 5.56 Å². The van der Waals surface area contributed by atoms with Gasteiger partial charge in [0.2, 0.25) is 0 Å². The Labute approximate surface area is 154 Å². The molecule has 1 aliphatic heterocycles. The highest BCUT2D eigenvalue weighted by atomic mass is 16.5. The van der Waals surface area contributed by atoms with Gasteiger partial charge in [0, 0.05) is 48.6 Å². The third-order valence-electron chi connectivity index (χ3n) is 4.82. The maximum absolute atomic E-state index is 12.5. The lowest BCUT2D eigenvalue weighted by atomic mass is 9.92. The molecule has 0 aliphatic carbocycles. The van der Waals surface area contributed by atoms with Gasteiger partial charge < -0.3 is 24.3 Å². The molecule has 2 aromatic rings. The molecule has 1 aromatic carbocycles. The van der Waals surface area contributed by atoms with E-state index in [-0.39, 0.29) is 5.56 Å². The van der Waals surface area contributed by atoms with Gasteiger partial charge in [0.15, 0.2) is 0 Å². The number of benzene rings is 1. The summed E-state index contributed by atoms with van der Waals surface area (Å²) in [4.78, 5) is 14.6. The Morgan fingerprint density at radius 1 is 1.12 bits per heavy atom. The molecule has 0 fully saturated rings. The van der Waals surface area contributed by atoms with Crippen LogP contribution >= 0.6 is 0 Å². The van der Waals surface area contributed by atoms with Crippen molar-refractivity contribution in [3.63, 3.8) is 0 Å². The van der Waals surface area contributed by atoms with E-state index in [9.17, 15) is 4.79 Å². The van der Waals surface area contributed by atoms with E-state index in [1.807, 2.05) is 32.4 Å². The molecule has 3 rings (SSSR count). The molecule has 6 nitrogen and oxygen atoms in total. The molecule has 1 aliphatic rings. The number of aryl methyl sites for hydroxylation is 1. The summed E-state index contributed by atoms with van der Waals surface area (Å²) >= 11 is 0. The van der Waals surface area contributed by atoms with Crippen molar-refractivity contribution in [2.75, 3.05) is 34.9 Å². The predicted molar refractivity (Wildman–Crippen MR) is 103 cm³/mol. The van der Waals surface area contributed by atoms with E-state index in [0.717, 1.165) is 58.8 Å². The Morgan fingerprint density at radius 2 is 1.85 bits per heavy atom. The van der Waals surface area contributed by atoms with Crippen molar-refractivity contribution < 1.29 is 9.47 Å². The van der Waals surface area contributed by atoms with Crippen molar-refractivity contribution in [1.29, 1.82) is 0 Å². The second-order valence-corrected chi connectivity index (χ2v) is 6.94. The molecule has 0 radical (unpaired) electrons. The number of aromatic nitrogens is 1. The van der Waals surface area contributed by atoms with E-state index in [0.29, 0.717) is 6.54 Å². The average Bonchev–Trinajstić information content (AvgIpc) is 2.64. The van der Waals surface area contributed by atoms with Gasteiger partial charge in [0.05, 0.1) is 14.2 Å². The van der Waals surface area contributed by atoms with Crippen molar-refractivity contribution in [3.8, 4) is 22.6 Å². The summed E-state index contributed by atoms with van der Waals surface area (Å²) in [6.07, 6.45) is 2.74. The average molecular weight is 357 g/mol. The van der Waals surface area contributed by atoms with Gasteiger partial charge in [-0.15, -0.1) is 0 Å². The minimum atomic E-state index is 0.0612. The Hall–Kier alpha value is -2.31. The first-order valence-corrected chi connectivity index (χ1v) is 8.78. The molecular formula is C20H27N3O3. The summed E-state index contributed by atoms with van der Waals surface area (Å²) in [7, 11) is 9.21. The summed E-state index contributed by atoms with van der Waals surface area (Å²) < 4.78 is 13.0. The van der Waals surface area contributed by atoms with Crippen LogP contribution < -0.4 is 20.3 Å². The lowest BCUT2D eigenvalue weighted by Crippen LogP contribution is -2.33. The van der Waals surface area contributed by atoms with Crippen LogP contribution in [-0.4, -0.2) is 44.3 Å². The number of hydrogen-bond donors (Lipinski definition) is 1. The van der Waals surface area contributed by atoms with Crippen LogP contribution in [0.4, 0.5) is 0 Å². The zero-order valence-electron chi connectivity index (χ0n) is 16.2. The molecule has 0 bridgehead atoms. The van der Waals surface area contributed by atoms with Crippen molar-refractivity contribution in [2.45, 2.75) is 19.5 Å². The highest BCUT2D eigenvalue weighted by molar-refractivity contribution is 5.76. The van der Waals surface area contributed by atoms with Gasteiger partial charge in [-0.25, -0.2) is 0 Å². The molecule has 1 aromatic heterocycles. The van der Waals surface area contributed by atoms with E-state index < -0.39 is 0 Å². The molecule has 0 amide bonds. The Morgan fingerprint density at radius 3 is 2.50 bits per heavy atom. The molecule has 0 spiro atoms. The molecule has 6 heteroatoms. The maximum atomic E-state index is 12.5. The minimum Gasteiger partial charge on any atom is -0.496 e. The monoisotopic (exact) mass is 357 g/mol. The van der Waals surface area contributed by atoms with Crippen LogP contribution in [0.5, 0.6) is 11.5 Å². The van der Waals surface area contributed by atoms with Crippen LogP contribution in [0.3, 0.4) is 0 Å². The third-order valence-corrected chi connectivity index (χ3v) is 4.82. The molecule has 140 valence electrons. The second-order valence-electron chi connectivity index (χ2n) is 6.94. The zero-order chi connectivity index (χ0) is 18.8. The topological polar surface area (TPSA) is 55.7 Å². The van der Waals surface area contributed by atoms with Crippen molar-refractivity contribution in [2.24, 2.45) is 7.05 Å². The van der Waals surface area contributed by atoms with Crippen LogP contribution in [0.2, 0.25) is 0 Å². The summed E-state index contributed by atoms with van der Waals surface area (Å²) in [6.45, 7) is 2.23. The summed E-state index contributed by atoms with van der Waals surface area (Å²) in [6, 6.07) is 4.06. The summed E-state index contributed by atoms with van der Waals surface area (Å²) in [5.41, 5.74) is 5.07. The molecule has 0 atom stereocenters. The molecule has 2 heterocycles. The minimum absolute atomic E-state index is 0.0612. The van der Waals surface area contributed by atoms with Gasteiger partial charge in [-0.3, -0.25) is 4.79 Å². The molecule has 0 saturated carbocycles. The van der Waals surface area contributed by atoms with Crippen LogP contribution in [-0.2, 0) is 26.6 Å². The predicted octanol–water partition coefficient (Wildman–Crippen LogP) is 1.78. The van der Waals surface area contributed by atoms with Crippen LogP contribution in [0.25, 0.3) is 11.1 Å². The number of nitrogens with one attached hydrogen (secondary N) is 1. The normalized spacial score (nSPS) is 13.6. The summed E-state index contributed by atoms with van der Waals surface area (Å²) in [5, 5.41) is 3.29. The van der Waals surface area contributed by atoms with Crippen molar-refractivity contribution in [1.82, 2.24) is 14.8 Å². The Kier molecular flexibility index (Phi) is 5.34. The number of hydrogen-bond acceptors (Lipinski definition) is 5. The SMILES string of the molecule is COc1cc(-c2cn(C)c(=O)c3c2CCNC3)c(OC)cc1CN(C)C. The number of pyridine rings is 1. The number of methoxy groups -OCH3 is 2. The van der Waals surface area contributed by atoms with E-state index >= 15 is 0 Å². The largest absolute Gasteiger partial charge is 0.496 e. The highest BCUT2D eigenvalue weighted by Gasteiger charge is 2.22. The fourth-order valence-corrected chi connectivity index (χ4v) is 3.60. The highest BCUT2D eigenvalue weighted by Crippen LogP contribution is 2.38. The van der Waals surface area contributed by atoms with E-state index in [4.69, 9.17) is 9.47 Å². The Bertz CT molecular complexity index is 872. The molecule has 0 unspecified atom stereocenters. The van der Waals surface area contributed by atoms with Gasteiger partial charge in [-0.1, -0.05) is 0 Å². The summed E-state index contributed by atoms with van der Waals surface area (Å²) in [5.74, 6) is 1.62. The van der Waals surface area contributed by atoms with E-state index in [2.05, 4.69) is 10.2 Å². The van der Waals surface area contributed by atoms with Gasteiger partial charge >= 0.3 is 0 Å². The van der Waals surface area contributed by atoms with E-state index in [1.54, 1.807) is 25.8 Å². The first kappa shape index (κ1) is 18.5. The molecule has 1 N–H and O–H groups in total. The molecule has 0 saturated heterocycles. The smallest absolute Gasteiger partial charge is 0.255 e. The molecule has 26 heavy (non-hydrogen) atoms. The maximum Gasteiger partial charge on any atom is 0.255 e. The number of fused-ring (bicyclic) bond motifs is 1. The second kappa shape index (κ2) is 7.51. The Balaban J connectivity index is 2.24. The molecular weight excluding hydrogens is 330 g/mol. The number of rotatable bonds is 5. The number of ether oxygens (including phenoxy) is 2. The van der Waals surface area contributed by atoms with Crippen LogP contribution in [0.15, 0.2) is 23.1 Å². The standard InChI is InChI=1S/C20H27N3O3/c1-22(2)11-13-8-19(26-5)15(9-18(13)25-4)17-12-23(3)20(24)16-10-21-7-6-14(16)17/h8-9,12,21H,6-7,10-11H2,1-5H3. The fraction of sp³-hybridized carbons (Fsp3) is 0.450. The zero-order valence-corrected chi connectivity index (χ0v) is 16.2. The number of nitrogens with zero attached hydrogens (tertiary/aromatic N) is 2. The lowest BCUT2D eigenvalue weighted by Gasteiger charge is -2.23. The third kappa shape index (κ3) is 3.34. The first-order valence-electron chi connectivity index (χ1n) is 8.78. The van der Waals surface area contributed by atoms with Crippen LogP contribution in [0.1, 0.15) is 16.7 Å². The fourth-order valence-electron chi connectivity index (χ4n) is 3.60. The van der Waals surface area contributed by atoms with Crippen LogP contribution in [0, 0.1) is 0 Å². The van der Waals surface area contributed by atoms with Crippen molar-refractivity contribution in [3.05, 3.63) is 45.4 Å². The van der Waals surface area contributed by atoms with Gasteiger partial charge in [0.1, 0.15) is 11.5 Å². The quantitative estimate of drug-likeness (QED) is 0.884. The van der Waals surface area contributed by atoms with Gasteiger partial charge in [-0.2, -0.15) is 0 Å². The van der Waals surface area contributed by atoms with Gasteiger partial charge in [-0.05, 0) is 44.8 Å². The van der Waals surface area contributed by atoms with E-state index in [1.165, 1.54) is 0 Å².